The Hall–Kier alpha value is -1.68. The van der Waals surface area contributed by atoms with Crippen molar-refractivity contribution in [3.63, 3.8) is 0 Å². The van der Waals surface area contributed by atoms with Crippen molar-refractivity contribution in [1.82, 2.24) is 15.1 Å². The number of urea groups is 1. The highest BCUT2D eigenvalue weighted by molar-refractivity contribution is 7.91. The molecule has 3 rings (SSSR count). The molecule has 1 aromatic carbocycles. The third kappa shape index (κ3) is 7.40. The standard InChI is InChI=1S/C24H40N4O4S/c1-4-13-28(23(33(3,30)31)21-9-11-25-12-10-21)19(2)18-20-5-7-22(8-6-20)26-24(29)27-14-16-32-17-15-27/h5-8,19,21,23,25H,4,9-18H2,1-3H3,(H,26,29). The van der Waals surface area contributed by atoms with Crippen molar-refractivity contribution < 1.29 is 17.9 Å². The number of benzene rings is 1. The van der Waals surface area contributed by atoms with Crippen molar-refractivity contribution in [3.05, 3.63) is 29.8 Å². The fourth-order valence-electron chi connectivity index (χ4n) is 5.00. The van der Waals surface area contributed by atoms with E-state index in [2.05, 4.69) is 29.4 Å². The lowest BCUT2D eigenvalue weighted by Gasteiger charge is -2.41. The first-order valence-corrected chi connectivity index (χ1v) is 14.1. The molecule has 2 amide bonds. The summed E-state index contributed by atoms with van der Waals surface area (Å²) in [6, 6.07) is 7.88. The van der Waals surface area contributed by atoms with Crippen molar-refractivity contribution in [2.24, 2.45) is 5.92 Å². The zero-order chi connectivity index (χ0) is 23.8. The van der Waals surface area contributed by atoms with Gasteiger partial charge in [-0.15, -0.1) is 0 Å². The molecule has 33 heavy (non-hydrogen) atoms. The van der Waals surface area contributed by atoms with E-state index in [1.165, 1.54) is 6.26 Å². The number of carbonyl (C=O) groups excluding carboxylic acids is 1. The van der Waals surface area contributed by atoms with Crippen LogP contribution in [0.2, 0.25) is 0 Å². The highest BCUT2D eigenvalue weighted by Crippen LogP contribution is 2.28. The molecule has 9 heteroatoms. The van der Waals surface area contributed by atoms with Crippen molar-refractivity contribution in [2.75, 3.05) is 57.5 Å². The van der Waals surface area contributed by atoms with E-state index in [4.69, 9.17) is 4.74 Å². The Morgan fingerprint density at radius 3 is 2.42 bits per heavy atom. The second-order valence-corrected chi connectivity index (χ2v) is 11.5. The molecule has 2 aliphatic rings. The van der Waals surface area contributed by atoms with E-state index >= 15 is 0 Å². The summed E-state index contributed by atoms with van der Waals surface area (Å²) < 4.78 is 31.0. The molecule has 0 bridgehead atoms. The lowest BCUT2D eigenvalue weighted by Crippen LogP contribution is -2.52. The number of anilines is 1. The number of nitrogens with one attached hydrogen (secondary N) is 2. The van der Waals surface area contributed by atoms with Gasteiger partial charge in [-0.2, -0.15) is 0 Å². The largest absolute Gasteiger partial charge is 0.378 e. The van der Waals surface area contributed by atoms with Gasteiger partial charge in [0.15, 0.2) is 9.84 Å². The molecule has 2 aliphatic heterocycles. The SMILES string of the molecule is CCCN(C(C)Cc1ccc(NC(=O)N2CCOCC2)cc1)C(C1CCNCC1)S(C)(=O)=O. The Kier molecular flexibility index (Phi) is 9.55. The zero-order valence-electron chi connectivity index (χ0n) is 20.3. The van der Waals surface area contributed by atoms with Gasteiger partial charge in [-0.3, -0.25) is 4.90 Å². The summed E-state index contributed by atoms with van der Waals surface area (Å²) in [5.41, 5.74) is 1.89. The van der Waals surface area contributed by atoms with Gasteiger partial charge in [0, 0.05) is 31.1 Å². The molecular weight excluding hydrogens is 440 g/mol. The number of amides is 2. The molecule has 2 N–H and O–H groups in total. The minimum absolute atomic E-state index is 0.0911. The van der Waals surface area contributed by atoms with E-state index in [1.54, 1.807) is 4.90 Å². The maximum atomic E-state index is 12.9. The van der Waals surface area contributed by atoms with E-state index in [0.29, 0.717) is 26.3 Å². The summed E-state index contributed by atoms with van der Waals surface area (Å²) in [5.74, 6) is 0.160. The van der Waals surface area contributed by atoms with Crippen molar-refractivity contribution in [1.29, 1.82) is 0 Å². The first-order chi connectivity index (χ1) is 15.8. The Morgan fingerprint density at radius 2 is 1.85 bits per heavy atom. The second kappa shape index (κ2) is 12.1. The second-order valence-electron chi connectivity index (χ2n) is 9.32. The van der Waals surface area contributed by atoms with Gasteiger partial charge in [0.2, 0.25) is 0 Å². The molecule has 8 nitrogen and oxygen atoms in total. The topological polar surface area (TPSA) is 91.0 Å². The molecule has 0 spiro atoms. The minimum Gasteiger partial charge on any atom is -0.378 e. The molecule has 2 fully saturated rings. The molecule has 0 radical (unpaired) electrons. The van der Waals surface area contributed by atoms with Crippen LogP contribution in [0.25, 0.3) is 0 Å². The minimum atomic E-state index is -3.22. The van der Waals surface area contributed by atoms with Crippen molar-refractivity contribution >= 4 is 21.6 Å². The van der Waals surface area contributed by atoms with Crippen LogP contribution in [-0.4, -0.2) is 87.9 Å². The number of sulfone groups is 1. The molecule has 2 heterocycles. The summed E-state index contributed by atoms with van der Waals surface area (Å²) in [7, 11) is -3.22. The molecule has 0 aromatic heterocycles. The number of nitrogens with zero attached hydrogens (tertiary/aromatic N) is 2. The highest BCUT2D eigenvalue weighted by atomic mass is 32.2. The van der Waals surface area contributed by atoms with Gasteiger partial charge in [0.05, 0.1) is 13.2 Å². The molecule has 0 saturated carbocycles. The average Bonchev–Trinajstić information content (AvgIpc) is 2.80. The van der Waals surface area contributed by atoms with E-state index in [1.807, 2.05) is 24.3 Å². The maximum absolute atomic E-state index is 12.9. The normalized spacial score (nSPS) is 19.9. The zero-order valence-corrected chi connectivity index (χ0v) is 21.1. The molecular formula is C24H40N4O4S. The summed E-state index contributed by atoms with van der Waals surface area (Å²) in [6.07, 6.45) is 4.84. The van der Waals surface area contributed by atoms with E-state index in [-0.39, 0.29) is 18.0 Å². The van der Waals surface area contributed by atoms with Crippen LogP contribution in [0.4, 0.5) is 10.5 Å². The summed E-state index contributed by atoms with van der Waals surface area (Å²) in [6.45, 7) is 9.10. The summed E-state index contributed by atoms with van der Waals surface area (Å²) in [4.78, 5) is 16.4. The lowest BCUT2D eigenvalue weighted by molar-refractivity contribution is 0.0564. The van der Waals surface area contributed by atoms with Crippen LogP contribution in [0.1, 0.15) is 38.7 Å². The summed E-state index contributed by atoms with van der Waals surface area (Å²) in [5, 5.41) is 5.86. The van der Waals surface area contributed by atoms with Crippen LogP contribution in [0.5, 0.6) is 0 Å². The Morgan fingerprint density at radius 1 is 1.21 bits per heavy atom. The number of hydrogen-bond donors (Lipinski definition) is 2. The molecule has 0 aliphatic carbocycles. The molecule has 2 unspecified atom stereocenters. The van der Waals surface area contributed by atoms with Gasteiger partial charge in [0.1, 0.15) is 5.37 Å². The predicted octanol–water partition coefficient (Wildman–Crippen LogP) is 2.56. The van der Waals surface area contributed by atoms with Gasteiger partial charge >= 0.3 is 6.03 Å². The fraction of sp³-hybridized carbons (Fsp3) is 0.708. The molecule has 186 valence electrons. The molecule has 1 aromatic rings. The van der Waals surface area contributed by atoms with Crippen LogP contribution >= 0.6 is 0 Å². The fourth-order valence-corrected chi connectivity index (χ4v) is 6.78. The number of ether oxygens (including phenoxy) is 1. The van der Waals surface area contributed by atoms with Gasteiger partial charge in [-0.05, 0) is 75.9 Å². The van der Waals surface area contributed by atoms with Crippen LogP contribution in [0.3, 0.4) is 0 Å². The molecule has 2 saturated heterocycles. The van der Waals surface area contributed by atoms with Crippen LogP contribution in [0, 0.1) is 5.92 Å². The van der Waals surface area contributed by atoms with E-state index in [9.17, 15) is 13.2 Å². The van der Waals surface area contributed by atoms with Crippen LogP contribution < -0.4 is 10.6 Å². The number of piperidine rings is 1. The average molecular weight is 481 g/mol. The monoisotopic (exact) mass is 480 g/mol. The quantitative estimate of drug-likeness (QED) is 0.565. The van der Waals surface area contributed by atoms with Crippen molar-refractivity contribution in [2.45, 2.75) is 50.9 Å². The highest BCUT2D eigenvalue weighted by Gasteiger charge is 2.37. The first-order valence-electron chi connectivity index (χ1n) is 12.2. The number of hydrogen-bond acceptors (Lipinski definition) is 6. The number of carbonyl (C=O) groups is 1. The lowest BCUT2D eigenvalue weighted by atomic mass is 9.95. The molecule has 2 atom stereocenters. The number of morpholine rings is 1. The predicted molar refractivity (Wildman–Crippen MR) is 132 cm³/mol. The van der Waals surface area contributed by atoms with E-state index < -0.39 is 15.2 Å². The van der Waals surface area contributed by atoms with Crippen molar-refractivity contribution in [3.8, 4) is 0 Å². The van der Waals surface area contributed by atoms with Gasteiger partial charge in [-0.25, -0.2) is 13.2 Å². The third-order valence-electron chi connectivity index (χ3n) is 6.64. The number of rotatable bonds is 9. The van der Waals surface area contributed by atoms with Crippen LogP contribution in [-0.2, 0) is 21.0 Å². The van der Waals surface area contributed by atoms with Crippen LogP contribution in [0.15, 0.2) is 24.3 Å². The first kappa shape index (κ1) is 25.9. The Balaban J connectivity index is 1.66. The Bertz CT molecular complexity index is 850. The third-order valence-corrected chi connectivity index (χ3v) is 8.17. The maximum Gasteiger partial charge on any atom is 0.321 e. The van der Waals surface area contributed by atoms with Gasteiger partial charge < -0.3 is 20.3 Å². The van der Waals surface area contributed by atoms with Gasteiger partial charge in [0.25, 0.3) is 0 Å². The Labute approximate surface area is 199 Å². The van der Waals surface area contributed by atoms with E-state index in [0.717, 1.165) is 56.6 Å². The smallest absolute Gasteiger partial charge is 0.321 e. The van der Waals surface area contributed by atoms with Gasteiger partial charge in [-0.1, -0.05) is 19.1 Å². The summed E-state index contributed by atoms with van der Waals surface area (Å²) >= 11 is 0.